The van der Waals surface area contributed by atoms with Crippen LogP contribution in [-0.4, -0.2) is 11.1 Å². The lowest BCUT2D eigenvalue weighted by atomic mass is 9.97. The molecule has 0 aromatic carbocycles. The van der Waals surface area contributed by atoms with Crippen LogP contribution in [0.5, 0.6) is 0 Å². The molecule has 86 valence electrons. The van der Waals surface area contributed by atoms with E-state index in [0.29, 0.717) is 0 Å². The topological polar surface area (TPSA) is 24.1 Å². The van der Waals surface area contributed by atoms with Crippen LogP contribution in [0.4, 0.5) is 0 Å². The highest BCUT2D eigenvalue weighted by molar-refractivity contribution is 5.32. The van der Waals surface area contributed by atoms with Gasteiger partial charge in [0, 0.05) is 0 Å². The van der Waals surface area contributed by atoms with Crippen LogP contribution in [0.25, 0.3) is 0 Å². The Balaban J connectivity index is 2.01. The van der Waals surface area contributed by atoms with Crippen LogP contribution < -0.4 is 10.9 Å². The van der Waals surface area contributed by atoms with E-state index in [0.717, 1.165) is 12.8 Å². The molecule has 0 saturated heterocycles. The van der Waals surface area contributed by atoms with Crippen LogP contribution in [0.15, 0.2) is 48.6 Å². The minimum Gasteiger partial charge on any atom is -0.243 e. The Morgan fingerprint density at radius 3 is 1.25 bits per heavy atom. The standard InChI is InChI=1S/C14H20N2/c1-3-13(9-5-6-10-13)15-16-14(4-2)11-7-8-12-14/h5-12,15-16H,3-4H2,1-2H3. The maximum absolute atomic E-state index is 3.45. The quantitative estimate of drug-likeness (QED) is 0.690. The number of hydrogen-bond acceptors (Lipinski definition) is 2. The van der Waals surface area contributed by atoms with Crippen LogP contribution in [-0.2, 0) is 0 Å². The number of hydrazine groups is 1. The van der Waals surface area contributed by atoms with E-state index < -0.39 is 0 Å². The van der Waals surface area contributed by atoms with Gasteiger partial charge in [0.05, 0.1) is 11.1 Å². The van der Waals surface area contributed by atoms with Crippen molar-refractivity contribution in [2.24, 2.45) is 0 Å². The molecule has 16 heavy (non-hydrogen) atoms. The lowest BCUT2D eigenvalue weighted by molar-refractivity contribution is 0.324. The molecule has 0 aliphatic heterocycles. The van der Waals surface area contributed by atoms with Crippen molar-refractivity contribution in [3.63, 3.8) is 0 Å². The van der Waals surface area contributed by atoms with Crippen molar-refractivity contribution in [2.45, 2.75) is 37.8 Å². The van der Waals surface area contributed by atoms with Gasteiger partial charge in [-0.15, -0.1) is 0 Å². The fourth-order valence-corrected chi connectivity index (χ4v) is 2.07. The van der Waals surface area contributed by atoms with Gasteiger partial charge in [-0.1, -0.05) is 62.5 Å². The average molecular weight is 216 g/mol. The van der Waals surface area contributed by atoms with E-state index in [-0.39, 0.29) is 11.1 Å². The first-order valence-corrected chi connectivity index (χ1v) is 6.03. The van der Waals surface area contributed by atoms with E-state index in [1.807, 2.05) is 0 Å². The highest BCUT2D eigenvalue weighted by Crippen LogP contribution is 2.22. The van der Waals surface area contributed by atoms with E-state index in [4.69, 9.17) is 0 Å². The number of hydrogen-bond donors (Lipinski definition) is 2. The zero-order chi connectivity index (χ0) is 11.5. The maximum Gasteiger partial charge on any atom is 0.0686 e. The van der Waals surface area contributed by atoms with Crippen molar-refractivity contribution in [3.8, 4) is 0 Å². The maximum atomic E-state index is 3.45. The molecule has 2 N–H and O–H groups in total. The Labute approximate surface area is 97.8 Å². The Bertz CT molecular complexity index is 301. The number of allylic oxidation sites excluding steroid dienone is 4. The number of rotatable bonds is 5. The fourth-order valence-electron chi connectivity index (χ4n) is 2.07. The monoisotopic (exact) mass is 216 g/mol. The summed E-state index contributed by atoms with van der Waals surface area (Å²) in [5, 5.41) is 0. The smallest absolute Gasteiger partial charge is 0.0686 e. The minimum absolute atomic E-state index is 0.0214. The largest absolute Gasteiger partial charge is 0.243 e. The van der Waals surface area contributed by atoms with Crippen LogP contribution in [0.2, 0.25) is 0 Å². The molecular weight excluding hydrogens is 196 g/mol. The molecule has 0 aromatic rings. The summed E-state index contributed by atoms with van der Waals surface area (Å²) < 4.78 is 0. The lowest BCUT2D eigenvalue weighted by Crippen LogP contribution is -2.57. The molecule has 2 aliphatic carbocycles. The molecule has 2 rings (SSSR count). The third-order valence-corrected chi connectivity index (χ3v) is 3.49. The molecule has 2 nitrogen and oxygen atoms in total. The second-order valence-corrected chi connectivity index (χ2v) is 4.47. The summed E-state index contributed by atoms with van der Waals surface area (Å²) in [6.45, 7) is 4.38. The van der Waals surface area contributed by atoms with E-state index >= 15 is 0 Å². The van der Waals surface area contributed by atoms with Crippen LogP contribution in [0, 0.1) is 0 Å². The van der Waals surface area contributed by atoms with Gasteiger partial charge in [-0.2, -0.15) is 0 Å². The molecule has 0 amide bonds. The van der Waals surface area contributed by atoms with E-state index in [2.05, 4.69) is 73.3 Å². The Hall–Kier alpha value is -1.12. The van der Waals surface area contributed by atoms with Gasteiger partial charge >= 0.3 is 0 Å². The zero-order valence-electron chi connectivity index (χ0n) is 10.0. The molecule has 0 saturated carbocycles. The molecule has 0 spiro atoms. The molecule has 0 fully saturated rings. The molecule has 0 radical (unpaired) electrons. The predicted molar refractivity (Wildman–Crippen MR) is 68.9 cm³/mol. The van der Waals surface area contributed by atoms with E-state index in [1.54, 1.807) is 0 Å². The summed E-state index contributed by atoms with van der Waals surface area (Å²) in [4.78, 5) is 0. The molecule has 0 unspecified atom stereocenters. The van der Waals surface area contributed by atoms with E-state index in [9.17, 15) is 0 Å². The average Bonchev–Trinajstić information content (AvgIpc) is 2.97. The summed E-state index contributed by atoms with van der Waals surface area (Å²) in [6.07, 6.45) is 19.3. The summed E-state index contributed by atoms with van der Waals surface area (Å²) in [5.41, 5.74) is 6.86. The molecule has 0 heterocycles. The zero-order valence-corrected chi connectivity index (χ0v) is 10.0. The van der Waals surface area contributed by atoms with Crippen LogP contribution >= 0.6 is 0 Å². The van der Waals surface area contributed by atoms with Crippen LogP contribution in [0.3, 0.4) is 0 Å². The lowest BCUT2D eigenvalue weighted by Gasteiger charge is -2.33. The van der Waals surface area contributed by atoms with Gasteiger partial charge in [0.1, 0.15) is 0 Å². The molecular formula is C14H20N2. The Morgan fingerprint density at radius 1 is 0.688 bits per heavy atom. The second-order valence-electron chi connectivity index (χ2n) is 4.47. The predicted octanol–water partition coefficient (Wildman–Crippen LogP) is 2.63. The minimum atomic E-state index is -0.0214. The molecule has 0 bridgehead atoms. The molecule has 2 heteroatoms. The molecule has 2 aliphatic rings. The highest BCUT2D eigenvalue weighted by Gasteiger charge is 2.29. The van der Waals surface area contributed by atoms with Gasteiger partial charge in [0.2, 0.25) is 0 Å². The summed E-state index contributed by atoms with van der Waals surface area (Å²) in [7, 11) is 0. The molecule has 0 aromatic heterocycles. The fraction of sp³-hybridized carbons (Fsp3) is 0.429. The van der Waals surface area contributed by atoms with Crippen molar-refractivity contribution in [1.82, 2.24) is 10.9 Å². The van der Waals surface area contributed by atoms with Crippen molar-refractivity contribution in [3.05, 3.63) is 48.6 Å². The van der Waals surface area contributed by atoms with Gasteiger partial charge < -0.3 is 0 Å². The van der Waals surface area contributed by atoms with E-state index in [1.165, 1.54) is 0 Å². The van der Waals surface area contributed by atoms with Crippen LogP contribution in [0.1, 0.15) is 26.7 Å². The highest BCUT2D eigenvalue weighted by atomic mass is 15.4. The van der Waals surface area contributed by atoms with Crippen molar-refractivity contribution in [2.75, 3.05) is 0 Å². The van der Waals surface area contributed by atoms with Crippen molar-refractivity contribution < 1.29 is 0 Å². The first kappa shape index (κ1) is 11.4. The van der Waals surface area contributed by atoms with Crippen molar-refractivity contribution in [1.29, 1.82) is 0 Å². The summed E-state index contributed by atoms with van der Waals surface area (Å²) in [5.74, 6) is 0. The molecule has 0 atom stereocenters. The third-order valence-electron chi connectivity index (χ3n) is 3.49. The van der Waals surface area contributed by atoms with Gasteiger partial charge in [-0.05, 0) is 12.8 Å². The van der Waals surface area contributed by atoms with Crippen molar-refractivity contribution >= 4 is 0 Å². The van der Waals surface area contributed by atoms with Gasteiger partial charge in [0.15, 0.2) is 0 Å². The SMILES string of the molecule is CCC1(NNC2(CC)C=CC=C2)C=CC=C1. The first-order valence-electron chi connectivity index (χ1n) is 6.03. The van der Waals surface area contributed by atoms with Gasteiger partial charge in [0.25, 0.3) is 0 Å². The third kappa shape index (κ3) is 2.04. The Kier molecular flexibility index (Phi) is 3.13. The summed E-state index contributed by atoms with van der Waals surface area (Å²) in [6, 6.07) is 0. The summed E-state index contributed by atoms with van der Waals surface area (Å²) >= 11 is 0. The van der Waals surface area contributed by atoms with Gasteiger partial charge in [-0.3, -0.25) is 0 Å². The first-order chi connectivity index (χ1) is 7.74. The Morgan fingerprint density at radius 2 is 1.00 bits per heavy atom. The normalized spacial score (nSPS) is 23.4. The number of nitrogens with one attached hydrogen (secondary N) is 2. The van der Waals surface area contributed by atoms with Gasteiger partial charge in [-0.25, -0.2) is 10.9 Å². The second kappa shape index (κ2) is 4.40.